The Morgan fingerprint density at radius 2 is 2.08 bits per heavy atom. The monoisotopic (exact) mass is 191 g/mol. The Labute approximate surface area is 82.4 Å². The van der Waals surface area contributed by atoms with Crippen LogP contribution in [0.3, 0.4) is 0 Å². The Morgan fingerprint density at radius 1 is 1.23 bits per heavy atom. The molecule has 0 aliphatic heterocycles. The van der Waals surface area contributed by atoms with Crippen molar-refractivity contribution in [3.05, 3.63) is 42.1 Å². The third kappa shape index (κ3) is 1.52. The number of rotatable bonds is 1. The van der Waals surface area contributed by atoms with Gasteiger partial charge in [-0.1, -0.05) is 18.2 Å². The Hall–Kier alpha value is -1.08. The van der Waals surface area contributed by atoms with Crippen LogP contribution < -0.4 is 0 Å². The minimum atomic E-state index is 0.0351. The highest BCUT2D eigenvalue weighted by Gasteiger charge is 2.05. The zero-order valence-corrected chi connectivity index (χ0v) is 8.12. The van der Waals surface area contributed by atoms with Gasteiger partial charge in [-0.3, -0.25) is 4.98 Å². The van der Waals surface area contributed by atoms with Crippen molar-refractivity contribution in [3.63, 3.8) is 0 Å². The minimum absolute atomic E-state index is 0.0351. The maximum atomic E-state index is 6.05. The van der Waals surface area contributed by atoms with Crippen LogP contribution in [0.1, 0.15) is 17.9 Å². The van der Waals surface area contributed by atoms with Gasteiger partial charge in [0.25, 0.3) is 0 Å². The fraction of sp³-hybridized carbons (Fsp3) is 0.182. The first kappa shape index (κ1) is 8.52. The second-order valence-electron chi connectivity index (χ2n) is 3.03. The van der Waals surface area contributed by atoms with Crippen LogP contribution in [-0.4, -0.2) is 4.98 Å². The van der Waals surface area contributed by atoms with Crippen LogP contribution in [0.2, 0.25) is 0 Å². The lowest BCUT2D eigenvalue weighted by atomic mass is 10.1. The van der Waals surface area contributed by atoms with Crippen LogP contribution in [-0.2, 0) is 0 Å². The lowest BCUT2D eigenvalue weighted by Gasteiger charge is -2.06. The normalized spacial score (nSPS) is 13.1. The predicted molar refractivity (Wildman–Crippen MR) is 56.0 cm³/mol. The molecule has 0 amide bonds. The van der Waals surface area contributed by atoms with Crippen molar-refractivity contribution in [2.75, 3.05) is 0 Å². The molecule has 1 heterocycles. The number of fused-ring (bicyclic) bond motifs is 1. The number of hydrogen-bond acceptors (Lipinski definition) is 1. The minimum Gasteiger partial charge on any atom is -0.256 e. The summed E-state index contributed by atoms with van der Waals surface area (Å²) in [6.45, 7) is 1.98. The first-order valence-electron chi connectivity index (χ1n) is 4.27. The third-order valence-corrected chi connectivity index (χ3v) is 2.34. The smallest absolute Gasteiger partial charge is 0.0705 e. The van der Waals surface area contributed by atoms with E-state index in [1.165, 1.54) is 0 Å². The van der Waals surface area contributed by atoms with Crippen molar-refractivity contribution < 1.29 is 0 Å². The lowest BCUT2D eigenvalue weighted by molar-refractivity contribution is 1.10. The fourth-order valence-corrected chi connectivity index (χ4v) is 1.66. The maximum absolute atomic E-state index is 6.05. The van der Waals surface area contributed by atoms with E-state index in [2.05, 4.69) is 11.1 Å². The van der Waals surface area contributed by atoms with Gasteiger partial charge >= 0.3 is 0 Å². The molecule has 0 aliphatic rings. The third-order valence-electron chi connectivity index (χ3n) is 2.11. The van der Waals surface area contributed by atoms with Crippen LogP contribution in [0.15, 0.2) is 36.5 Å². The Morgan fingerprint density at radius 3 is 2.85 bits per heavy atom. The highest BCUT2D eigenvalue weighted by atomic mass is 35.5. The number of halogens is 1. The molecule has 1 aromatic heterocycles. The summed E-state index contributed by atoms with van der Waals surface area (Å²) in [5.41, 5.74) is 2.15. The lowest BCUT2D eigenvalue weighted by Crippen LogP contribution is -1.87. The van der Waals surface area contributed by atoms with Crippen LogP contribution in [0.5, 0.6) is 0 Å². The molecule has 1 unspecified atom stereocenters. The number of nitrogens with zero attached hydrogens (tertiary/aromatic N) is 1. The molecule has 0 saturated heterocycles. The van der Waals surface area contributed by atoms with Gasteiger partial charge in [0.1, 0.15) is 0 Å². The molecule has 66 valence electrons. The Bertz CT molecular complexity index is 418. The van der Waals surface area contributed by atoms with E-state index in [0.29, 0.717) is 0 Å². The molecule has 0 radical (unpaired) electrons. The van der Waals surface area contributed by atoms with Crippen LogP contribution in [0, 0.1) is 0 Å². The van der Waals surface area contributed by atoms with E-state index >= 15 is 0 Å². The van der Waals surface area contributed by atoms with Crippen molar-refractivity contribution in [1.82, 2.24) is 4.98 Å². The molecule has 0 N–H and O–H groups in total. The van der Waals surface area contributed by atoms with Crippen molar-refractivity contribution in [2.45, 2.75) is 12.3 Å². The summed E-state index contributed by atoms with van der Waals surface area (Å²) in [5, 5.41) is 1.18. The molecule has 2 rings (SSSR count). The summed E-state index contributed by atoms with van der Waals surface area (Å²) in [4.78, 5) is 4.27. The topological polar surface area (TPSA) is 12.9 Å². The molecule has 1 atom stereocenters. The van der Waals surface area contributed by atoms with Crippen LogP contribution in [0.25, 0.3) is 10.9 Å². The zero-order chi connectivity index (χ0) is 9.26. The summed E-state index contributed by atoms with van der Waals surface area (Å²) in [7, 11) is 0. The number of alkyl halides is 1. The van der Waals surface area contributed by atoms with Gasteiger partial charge in [-0.2, -0.15) is 0 Å². The van der Waals surface area contributed by atoms with Crippen molar-refractivity contribution in [2.24, 2.45) is 0 Å². The standard InChI is InChI=1S/C11H10ClN/c1-8(12)9-4-2-6-11-10(9)5-3-7-13-11/h2-8H,1H3. The number of pyridine rings is 1. The van der Waals surface area contributed by atoms with E-state index in [-0.39, 0.29) is 5.38 Å². The molecule has 2 aromatic rings. The zero-order valence-electron chi connectivity index (χ0n) is 7.37. The van der Waals surface area contributed by atoms with Gasteiger partial charge in [0.15, 0.2) is 0 Å². The average Bonchev–Trinajstić information content (AvgIpc) is 2.17. The molecule has 1 aromatic carbocycles. The summed E-state index contributed by atoms with van der Waals surface area (Å²) in [5.74, 6) is 0. The second kappa shape index (κ2) is 3.35. The van der Waals surface area contributed by atoms with Gasteiger partial charge in [0.05, 0.1) is 10.9 Å². The number of aromatic nitrogens is 1. The van der Waals surface area contributed by atoms with E-state index in [1.807, 2.05) is 31.2 Å². The molecule has 0 fully saturated rings. The van der Waals surface area contributed by atoms with E-state index in [9.17, 15) is 0 Å². The van der Waals surface area contributed by atoms with Crippen molar-refractivity contribution >= 4 is 22.5 Å². The average molecular weight is 192 g/mol. The van der Waals surface area contributed by atoms with Crippen LogP contribution in [0.4, 0.5) is 0 Å². The largest absolute Gasteiger partial charge is 0.256 e. The van der Waals surface area contributed by atoms with Crippen LogP contribution >= 0.6 is 11.6 Å². The Kier molecular flexibility index (Phi) is 2.19. The van der Waals surface area contributed by atoms with Crippen molar-refractivity contribution in [1.29, 1.82) is 0 Å². The maximum Gasteiger partial charge on any atom is 0.0705 e. The molecule has 0 saturated carbocycles. The first-order chi connectivity index (χ1) is 6.29. The highest BCUT2D eigenvalue weighted by Crippen LogP contribution is 2.26. The second-order valence-corrected chi connectivity index (χ2v) is 3.69. The number of hydrogen-bond donors (Lipinski definition) is 0. The van der Waals surface area contributed by atoms with Gasteiger partial charge in [0.2, 0.25) is 0 Å². The molecular weight excluding hydrogens is 182 g/mol. The summed E-state index contributed by atoms with van der Waals surface area (Å²) in [6.07, 6.45) is 1.80. The Balaban J connectivity index is 2.76. The van der Waals surface area contributed by atoms with Gasteiger partial charge in [-0.15, -0.1) is 11.6 Å². The highest BCUT2D eigenvalue weighted by molar-refractivity contribution is 6.21. The molecule has 2 heteroatoms. The van der Waals surface area contributed by atoms with Gasteiger partial charge in [-0.05, 0) is 24.6 Å². The van der Waals surface area contributed by atoms with E-state index in [1.54, 1.807) is 6.20 Å². The van der Waals surface area contributed by atoms with Crippen molar-refractivity contribution in [3.8, 4) is 0 Å². The molecule has 1 nitrogen and oxygen atoms in total. The quantitative estimate of drug-likeness (QED) is 0.629. The fourth-order valence-electron chi connectivity index (χ4n) is 1.47. The molecule has 0 spiro atoms. The SMILES string of the molecule is CC(Cl)c1cccc2ncccc12. The molecule has 0 aliphatic carbocycles. The van der Waals surface area contributed by atoms with Gasteiger partial charge in [0, 0.05) is 11.6 Å². The van der Waals surface area contributed by atoms with E-state index in [4.69, 9.17) is 11.6 Å². The summed E-state index contributed by atoms with van der Waals surface area (Å²) < 4.78 is 0. The molecular formula is C11H10ClN. The van der Waals surface area contributed by atoms with Gasteiger partial charge < -0.3 is 0 Å². The first-order valence-corrected chi connectivity index (χ1v) is 4.70. The van der Waals surface area contributed by atoms with E-state index in [0.717, 1.165) is 16.5 Å². The van der Waals surface area contributed by atoms with E-state index < -0.39 is 0 Å². The predicted octanol–water partition coefficient (Wildman–Crippen LogP) is 3.53. The number of benzene rings is 1. The summed E-state index contributed by atoms with van der Waals surface area (Å²) >= 11 is 6.05. The van der Waals surface area contributed by atoms with Gasteiger partial charge in [-0.25, -0.2) is 0 Å². The summed E-state index contributed by atoms with van der Waals surface area (Å²) in [6, 6.07) is 10.0. The molecule has 0 bridgehead atoms. The molecule has 13 heavy (non-hydrogen) atoms.